The van der Waals surface area contributed by atoms with Gasteiger partial charge in [0.25, 0.3) is 0 Å². The fourth-order valence-corrected chi connectivity index (χ4v) is 7.53. The molecule has 11 heteroatoms. The van der Waals surface area contributed by atoms with Crippen molar-refractivity contribution in [3.8, 4) is 0 Å². The third-order valence-corrected chi connectivity index (χ3v) is 10.8. The lowest BCUT2D eigenvalue weighted by Crippen LogP contribution is -2.52. The number of hydrogen-bond donors (Lipinski definition) is 4. The molecular weight excluding hydrogens is 616 g/mol. The molecule has 2 bridgehead atoms. The van der Waals surface area contributed by atoms with Crippen molar-refractivity contribution < 1.29 is 44.2 Å². The Morgan fingerprint density at radius 1 is 1.23 bits per heavy atom. The number of hydrogen-bond acceptors (Lipinski definition) is 10. The minimum atomic E-state index is -1.48. The summed E-state index contributed by atoms with van der Waals surface area (Å²) in [6, 6.07) is 0.784. The Labute approximate surface area is 286 Å². The molecule has 4 N–H and O–H groups in total. The minimum Gasteiger partial charge on any atom is -0.457 e. The number of cyclic esters (lactones) is 1. The average Bonchev–Trinajstić information content (AvgIpc) is 3.43. The number of nitrogens with zero attached hydrogens (tertiary/aromatic N) is 2. The molecule has 4 aliphatic rings. The van der Waals surface area contributed by atoms with Gasteiger partial charge in [0.05, 0.1) is 36.4 Å². The van der Waals surface area contributed by atoms with Crippen LogP contribution in [-0.4, -0.2) is 121 Å². The Hall–Kier alpha value is -2.28. The molecule has 3 fully saturated rings. The summed E-state index contributed by atoms with van der Waals surface area (Å²) in [5, 5.41) is 43.3. The SMILES string of the molecule is CCC(O)C(C)C1OC1CC(C)(O)C=CC=C(C)C1OC(=O)CC(O)CCC(C)(O)C(OC(=O)N2C[C@@H]3C[C@H]2CN3C(C)C)C=CC1C. The van der Waals surface area contributed by atoms with E-state index in [9.17, 15) is 30.0 Å². The van der Waals surface area contributed by atoms with Gasteiger partial charge in [0.15, 0.2) is 6.10 Å². The Morgan fingerprint density at radius 2 is 1.94 bits per heavy atom. The van der Waals surface area contributed by atoms with Crippen molar-refractivity contribution in [3.63, 3.8) is 0 Å². The van der Waals surface area contributed by atoms with E-state index >= 15 is 0 Å². The molecule has 3 saturated heterocycles. The maximum atomic E-state index is 13.4. The molecule has 0 spiro atoms. The van der Waals surface area contributed by atoms with Gasteiger partial charge in [-0.05, 0) is 72.0 Å². The predicted octanol–water partition coefficient (Wildman–Crippen LogP) is 3.88. The predicted molar refractivity (Wildman–Crippen MR) is 182 cm³/mol. The van der Waals surface area contributed by atoms with Crippen LogP contribution in [0, 0.1) is 11.8 Å². The lowest BCUT2D eigenvalue weighted by molar-refractivity contribution is -0.151. The molecule has 0 saturated carbocycles. The van der Waals surface area contributed by atoms with Crippen LogP contribution in [0.4, 0.5) is 4.79 Å². The van der Waals surface area contributed by atoms with Gasteiger partial charge in [0, 0.05) is 49.5 Å². The van der Waals surface area contributed by atoms with Crippen LogP contribution in [0.3, 0.4) is 0 Å². The van der Waals surface area contributed by atoms with Gasteiger partial charge in [-0.2, -0.15) is 0 Å². The van der Waals surface area contributed by atoms with Crippen LogP contribution in [0.2, 0.25) is 0 Å². The van der Waals surface area contributed by atoms with Crippen molar-refractivity contribution in [1.29, 1.82) is 0 Å². The zero-order chi connectivity index (χ0) is 35.6. The monoisotopic (exact) mass is 676 g/mol. The number of epoxide rings is 1. The zero-order valence-electron chi connectivity index (χ0n) is 30.1. The van der Waals surface area contributed by atoms with Crippen molar-refractivity contribution in [3.05, 3.63) is 36.0 Å². The molecule has 10 unspecified atom stereocenters. The molecule has 48 heavy (non-hydrogen) atoms. The molecule has 1 amide bonds. The van der Waals surface area contributed by atoms with Crippen LogP contribution in [0.25, 0.3) is 0 Å². The Bertz CT molecular complexity index is 1210. The molecule has 4 rings (SSSR count). The highest BCUT2D eigenvalue weighted by molar-refractivity contribution is 5.70. The first-order valence-corrected chi connectivity index (χ1v) is 17.9. The Morgan fingerprint density at radius 3 is 2.56 bits per heavy atom. The Kier molecular flexibility index (Phi) is 12.6. The largest absolute Gasteiger partial charge is 0.457 e. The van der Waals surface area contributed by atoms with Gasteiger partial charge < -0.3 is 39.5 Å². The number of carbonyl (C=O) groups excluding carboxylic acids is 2. The first kappa shape index (κ1) is 38.5. The smallest absolute Gasteiger partial charge is 0.410 e. The van der Waals surface area contributed by atoms with E-state index in [2.05, 4.69) is 18.7 Å². The van der Waals surface area contributed by atoms with Crippen molar-refractivity contribution in [2.45, 2.75) is 160 Å². The van der Waals surface area contributed by atoms with Gasteiger partial charge in [-0.25, -0.2) is 4.79 Å². The number of aliphatic hydroxyl groups is 4. The fourth-order valence-electron chi connectivity index (χ4n) is 7.53. The van der Waals surface area contributed by atoms with Crippen molar-refractivity contribution in [2.24, 2.45) is 11.8 Å². The zero-order valence-corrected chi connectivity index (χ0v) is 30.1. The summed E-state index contributed by atoms with van der Waals surface area (Å²) in [6.07, 6.45) is 6.74. The highest BCUT2D eigenvalue weighted by Crippen LogP contribution is 2.38. The van der Waals surface area contributed by atoms with Crippen molar-refractivity contribution >= 4 is 12.1 Å². The van der Waals surface area contributed by atoms with Gasteiger partial charge in [0.1, 0.15) is 11.7 Å². The van der Waals surface area contributed by atoms with Crippen molar-refractivity contribution in [2.75, 3.05) is 13.1 Å². The highest BCUT2D eigenvalue weighted by Gasteiger charge is 2.48. The fraction of sp³-hybridized carbons (Fsp3) is 0.784. The molecule has 272 valence electrons. The molecular formula is C37H60N2O9. The molecule has 0 radical (unpaired) electrons. The number of fused-ring (bicyclic) bond motifs is 2. The first-order chi connectivity index (χ1) is 22.4. The van der Waals surface area contributed by atoms with E-state index in [1.807, 2.05) is 27.7 Å². The normalized spacial score (nSPS) is 37.6. The maximum absolute atomic E-state index is 13.4. The number of piperazine rings is 1. The first-order valence-electron chi connectivity index (χ1n) is 17.9. The topological polar surface area (TPSA) is 153 Å². The third-order valence-electron chi connectivity index (χ3n) is 10.8. The van der Waals surface area contributed by atoms with Gasteiger partial charge in [0.2, 0.25) is 0 Å². The van der Waals surface area contributed by atoms with Crippen LogP contribution in [0.5, 0.6) is 0 Å². The van der Waals surface area contributed by atoms with E-state index in [1.54, 1.807) is 49.1 Å². The summed E-state index contributed by atoms with van der Waals surface area (Å²) in [4.78, 5) is 30.5. The maximum Gasteiger partial charge on any atom is 0.410 e. The van der Waals surface area contributed by atoms with Crippen molar-refractivity contribution in [1.82, 2.24) is 9.80 Å². The second-order valence-electron chi connectivity index (χ2n) is 15.5. The molecule has 11 nitrogen and oxygen atoms in total. The van der Waals surface area contributed by atoms with Crippen LogP contribution in [0.15, 0.2) is 36.0 Å². The number of rotatable bonds is 10. The van der Waals surface area contributed by atoms with E-state index < -0.39 is 47.7 Å². The van der Waals surface area contributed by atoms with Gasteiger partial charge in [-0.1, -0.05) is 45.1 Å². The van der Waals surface area contributed by atoms with Crippen LogP contribution in [-0.2, 0) is 19.0 Å². The summed E-state index contributed by atoms with van der Waals surface area (Å²) >= 11 is 0. The summed E-state index contributed by atoms with van der Waals surface area (Å²) in [5.41, 5.74) is -1.93. The second-order valence-corrected chi connectivity index (χ2v) is 15.5. The van der Waals surface area contributed by atoms with E-state index in [0.29, 0.717) is 37.0 Å². The summed E-state index contributed by atoms with van der Waals surface area (Å²) in [6.45, 7) is 16.6. The molecule has 4 aliphatic heterocycles. The number of esters is 1. The second kappa shape index (κ2) is 15.7. The van der Waals surface area contributed by atoms with Crippen LogP contribution < -0.4 is 0 Å². The summed E-state index contributed by atoms with van der Waals surface area (Å²) in [7, 11) is 0. The molecule has 0 aliphatic carbocycles. The van der Waals surface area contributed by atoms with Gasteiger partial charge in [-0.15, -0.1) is 0 Å². The number of ether oxygens (including phenoxy) is 3. The van der Waals surface area contributed by atoms with Gasteiger partial charge in [-0.3, -0.25) is 9.69 Å². The molecule has 12 atom stereocenters. The lowest BCUT2D eigenvalue weighted by Gasteiger charge is -2.38. The van der Waals surface area contributed by atoms with E-state index in [0.717, 1.165) is 13.0 Å². The van der Waals surface area contributed by atoms with E-state index in [4.69, 9.17) is 14.2 Å². The Balaban J connectivity index is 1.46. The van der Waals surface area contributed by atoms with Crippen LogP contribution >= 0.6 is 0 Å². The number of carbonyl (C=O) groups is 2. The summed E-state index contributed by atoms with van der Waals surface area (Å²) in [5.74, 6) is -0.940. The number of likely N-dealkylation sites (tertiary alicyclic amines) is 2. The van der Waals surface area contributed by atoms with Gasteiger partial charge >= 0.3 is 12.1 Å². The third kappa shape index (κ3) is 9.69. The minimum absolute atomic E-state index is 0.0106. The molecule has 4 heterocycles. The number of aliphatic hydroxyl groups excluding tert-OH is 2. The van der Waals surface area contributed by atoms with E-state index in [-0.39, 0.29) is 49.3 Å². The van der Waals surface area contributed by atoms with E-state index in [1.165, 1.54) is 0 Å². The number of allylic oxidation sites excluding steroid dienone is 2. The molecule has 0 aromatic carbocycles. The van der Waals surface area contributed by atoms with Crippen LogP contribution in [0.1, 0.15) is 93.9 Å². The standard InChI is InChI=1S/C37H60N2O9/c1-9-29(41)25(6)34-30(46-34)19-36(7,44)15-10-11-23(4)33-24(5)12-13-31(37(8,45)16-14-28(40)18-32(42)48-33)47-35(43)39-21-26-17-27(39)20-38(26)22(2)3/h10-13,15,22,24-31,33-34,40-41,44-45H,9,14,16-21H2,1-8H3/t24?,25?,26-,27-,28?,29?,30?,31?,33?,34?,36?,37?/m0/s1. The highest BCUT2D eigenvalue weighted by atomic mass is 16.6. The number of amides is 1. The molecule has 0 aromatic rings. The molecule has 0 aromatic heterocycles. The lowest BCUT2D eigenvalue weighted by atomic mass is 9.88. The quantitative estimate of drug-likeness (QED) is 0.116. The average molecular weight is 677 g/mol. The summed E-state index contributed by atoms with van der Waals surface area (Å²) < 4.78 is 17.6.